The molecule has 2 aromatic carbocycles. The Hall–Kier alpha value is -2.85. The molecule has 1 amide bonds. The first-order valence-electron chi connectivity index (χ1n) is 8.29. The Bertz CT molecular complexity index is 899. The van der Waals surface area contributed by atoms with Crippen molar-refractivity contribution in [2.24, 2.45) is 0 Å². The fourth-order valence-corrected chi connectivity index (χ4v) is 3.62. The monoisotopic (exact) mass is 371 g/mol. The van der Waals surface area contributed by atoms with Crippen LogP contribution in [0.4, 0.5) is 11.4 Å². The molecule has 0 aliphatic rings. The third-order valence-corrected chi connectivity index (χ3v) is 5.77. The van der Waals surface area contributed by atoms with Gasteiger partial charge in [0.05, 0.1) is 23.9 Å². The van der Waals surface area contributed by atoms with Gasteiger partial charge in [-0.2, -0.15) is 5.26 Å². The van der Waals surface area contributed by atoms with Crippen LogP contribution in [0.5, 0.6) is 0 Å². The number of carbonyl (C=O) groups is 1. The zero-order valence-electron chi connectivity index (χ0n) is 14.8. The van der Waals surface area contributed by atoms with Crippen LogP contribution in [-0.2, 0) is 16.4 Å². The topological polar surface area (TPSA) is 90.3 Å². The van der Waals surface area contributed by atoms with Crippen molar-refractivity contribution < 1.29 is 13.2 Å². The molecule has 0 unspecified atom stereocenters. The molecule has 0 fully saturated rings. The molecule has 0 saturated carbocycles. The van der Waals surface area contributed by atoms with Gasteiger partial charge in [-0.1, -0.05) is 12.1 Å². The highest BCUT2D eigenvalue weighted by molar-refractivity contribution is 7.92. The third-order valence-electron chi connectivity index (χ3n) is 3.90. The Kier molecular flexibility index (Phi) is 6.36. The van der Waals surface area contributed by atoms with Gasteiger partial charge < -0.3 is 5.32 Å². The SMILES string of the molecule is CCN(c1ccc(C(=O)Nc2ccc(CC#N)cc2)cc1)S(=O)(=O)CC. The minimum Gasteiger partial charge on any atom is -0.322 e. The molecule has 0 aliphatic carbocycles. The predicted molar refractivity (Wildman–Crippen MR) is 103 cm³/mol. The molecular formula is C19H21N3O3S. The van der Waals surface area contributed by atoms with Crippen molar-refractivity contribution in [3.63, 3.8) is 0 Å². The smallest absolute Gasteiger partial charge is 0.255 e. The van der Waals surface area contributed by atoms with Crippen LogP contribution in [-0.4, -0.2) is 26.6 Å². The van der Waals surface area contributed by atoms with Crippen molar-refractivity contribution in [3.05, 3.63) is 59.7 Å². The first kappa shape index (κ1) is 19.5. The number of hydrogen-bond donors (Lipinski definition) is 1. The second-order valence-electron chi connectivity index (χ2n) is 5.60. The van der Waals surface area contributed by atoms with E-state index in [0.717, 1.165) is 5.56 Å². The lowest BCUT2D eigenvalue weighted by Crippen LogP contribution is -2.32. The van der Waals surface area contributed by atoms with Crippen molar-refractivity contribution in [3.8, 4) is 6.07 Å². The number of nitrogens with one attached hydrogen (secondary N) is 1. The number of carbonyl (C=O) groups excluding carboxylic acids is 1. The summed E-state index contributed by atoms with van der Waals surface area (Å²) >= 11 is 0. The number of nitriles is 1. The highest BCUT2D eigenvalue weighted by Crippen LogP contribution is 2.20. The van der Waals surface area contributed by atoms with E-state index in [1.807, 2.05) is 0 Å². The van der Waals surface area contributed by atoms with Crippen LogP contribution in [0.15, 0.2) is 48.5 Å². The van der Waals surface area contributed by atoms with E-state index in [9.17, 15) is 13.2 Å². The fourth-order valence-electron chi connectivity index (χ4n) is 2.48. The lowest BCUT2D eigenvalue weighted by molar-refractivity contribution is 0.102. The van der Waals surface area contributed by atoms with E-state index >= 15 is 0 Å². The fraction of sp³-hybridized carbons (Fsp3) is 0.263. The Morgan fingerprint density at radius 3 is 2.19 bits per heavy atom. The zero-order chi connectivity index (χ0) is 19.2. The van der Waals surface area contributed by atoms with Crippen LogP contribution in [0, 0.1) is 11.3 Å². The summed E-state index contributed by atoms with van der Waals surface area (Å²) in [6, 6.07) is 15.6. The van der Waals surface area contributed by atoms with Gasteiger partial charge in [0.2, 0.25) is 10.0 Å². The maximum atomic E-state index is 12.3. The van der Waals surface area contributed by atoms with Crippen LogP contribution in [0.1, 0.15) is 29.8 Å². The number of rotatable bonds is 7. The summed E-state index contributed by atoms with van der Waals surface area (Å²) in [5.41, 5.74) is 2.47. The molecule has 2 aromatic rings. The normalized spacial score (nSPS) is 10.8. The molecule has 0 heterocycles. The summed E-state index contributed by atoms with van der Waals surface area (Å²) in [4.78, 5) is 12.3. The van der Waals surface area contributed by atoms with E-state index < -0.39 is 10.0 Å². The average Bonchev–Trinajstić information content (AvgIpc) is 2.64. The van der Waals surface area contributed by atoms with Crippen molar-refractivity contribution in [2.75, 3.05) is 21.9 Å². The largest absolute Gasteiger partial charge is 0.322 e. The quantitative estimate of drug-likeness (QED) is 0.809. The van der Waals surface area contributed by atoms with E-state index in [4.69, 9.17) is 5.26 Å². The highest BCUT2D eigenvalue weighted by atomic mass is 32.2. The van der Waals surface area contributed by atoms with Crippen LogP contribution < -0.4 is 9.62 Å². The summed E-state index contributed by atoms with van der Waals surface area (Å²) in [5, 5.41) is 11.4. The Morgan fingerprint density at radius 2 is 1.69 bits per heavy atom. The molecule has 26 heavy (non-hydrogen) atoms. The summed E-state index contributed by atoms with van der Waals surface area (Å²) < 4.78 is 25.5. The highest BCUT2D eigenvalue weighted by Gasteiger charge is 2.19. The molecule has 2 rings (SSSR count). The summed E-state index contributed by atoms with van der Waals surface area (Å²) in [6.07, 6.45) is 0.324. The van der Waals surface area contributed by atoms with Crippen LogP contribution >= 0.6 is 0 Å². The second kappa shape index (κ2) is 8.50. The van der Waals surface area contributed by atoms with Crippen molar-refractivity contribution in [1.82, 2.24) is 0 Å². The van der Waals surface area contributed by atoms with Crippen molar-refractivity contribution in [1.29, 1.82) is 5.26 Å². The first-order chi connectivity index (χ1) is 12.4. The molecular weight excluding hydrogens is 350 g/mol. The molecule has 0 spiro atoms. The lowest BCUT2D eigenvalue weighted by Gasteiger charge is -2.22. The maximum Gasteiger partial charge on any atom is 0.255 e. The third kappa shape index (κ3) is 4.61. The summed E-state index contributed by atoms with van der Waals surface area (Å²) in [7, 11) is -3.34. The number of sulfonamides is 1. The Labute approximate surface area is 154 Å². The molecule has 136 valence electrons. The molecule has 7 heteroatoms. The van der Waals surface area contributed by atoms with Crippen LogP contribution in [0.3, 0.4) is 0 Å². The van der Waals surface area contributed by atoms with Gasteiger partial charge in [0.15, 0.2) is 0 Å². The maximum absolute atomic E-state index is 12.3. The number of anilines is 2. The van der Waals surface area contributed by atoms with Gasteiger partial charge >= 0.3 is 0 Å². The van der Waals surface area contributed by atoms with Gasteiger partial charge in [0, 0.05) is 17.8 Å². The number of nitrogens with zero attached hydrogens (tertiary/aromatic N) is 2. The Balaban J connectivity index is 2.12. The molecule has 0 saturated heterocycles. The molecule has 0 bridgehead atoms. The molecule has 0 aliphatic heterocycles. The lowest BCUT2D eigenvalue weighted by atomic mass is 10.1. The van der Waals surface area contributed by atoms with Crippen LogP contribution in [0.25, 0.3) is 0 Å². The number of hydrogen-bond acceptors (Lipinski definition) is 4. The minimum absolute atomic E-state index is 0.0187. The van der Waals surface area contributed by atoms with Crippen LogP contribution in [0.2, 0.25) is 0 Å². The van der Waals surface area contributed by atoms with E-state index in [0.29, 0.717) is 29.9 Å². The van der Waals surface area contributed by atoms with Gasteiger partial charge in [-0.15, -0.1) is 0 Å². The molecule has 0 radical (unpaired) electrons. The van der Waals surface area contributed by atoms with Gasteiger partial charge in [-0.3, -0.25) is 9.10 Å². The minimum atomic E-state index is -3.34. The first-order valence-corrected chi connectivity index (χ1v) is 9.90. The molecule has 6 nitrogen and oxygen atoms in total. The van der Waals surface area contributed by atoms with Gasteiger partial charge in [-0.05, 0) is 55.8 Å². The predicted octanol–water partition coefficient (Wildman–Crippen LogP) is 3.18. The average molecular weight is 371 g/mol. The van der Waals surface area contributed by atoms with Crippen molar-refractivity contribution >= 4 is 27.3 Å². The molecule has 0 aromatic heterocycles. The van der Waals surface area contributed by atoms with E-state index in [-0.39, 0.29) is 11.7 Å². The number of benzene rings is 2. The summed E-state index contributed by atoms with van der Waals surface area (Å²) in [6.45, 7) is 3.70. The van der Waals surface area contributed by atoms with E-state index in [1.165, 1.54) is 4.31 Å². The zero-order valence-corrected chi connectivity index (χ0v) is 15.6. The van der Waals surface area contributed by atoms with Gasteiger partial charge in [0.25, 0.3) is 5.91 Å². The summed E-state index contributed by atoms with van der Waals surface area (Å²) in [5.74, 6) is -0.267. The van der Waals surface area contributed by atoms with Gasteiger partial charge in [-0.25, -0.2) is 8.42 Å². The van der Waals surface area contributed by atoms with E-state index in [1.54, 1.807) is 62.4 Å². The molecule has 1 N–H and O–H groups in total. The number of amides is 1. The standard InChI is InChI=1S/C19H21N3O3S/c1-3-22(26(24,25)4-2)18-11-7-16(8-12-18)19(23)21-17-9-5-15(6-10-17)13-14-20/h5-12H,3-4,13H2,1-2H3,(H,21,23). The van der Waals surface area contributed by atoms with Crippen molar-refractivity contribution in [2.45, 2.75) is 20.3 Å². The molecule has 0 atom stereocenters. The second-order valence-corrected chi connectivity index (χ2v) is 7.78. The van der Waals surface area contributed by atoms with E-state index in [2.05, 4.69) is 11.4 Å². The van der Waals surface area contributed by atoms with Gasteiger partial charge in [0.1, 0.15) is 0 Å². The Morgan fingerprint density at radius 1 is 1.08 bits per heavy atom.